The fourth-order valence-corrected chi connectivity index (χ4v) is 3.60. The third kappa shape index (κ3) is 4.08. The van der Waals surface area contributed by atoms with E-state index in [0.717, 1.165) is 40.6 Å². The van der Waals surface area contributed by atoms with Crippen molar-refractivity contribution in [2.75, 3.05) is 0 Å². The summed E-state index contributed by atoms with van der Waals surface area (Å²) >= 11 is 0. The first-order valence-electron chi connectivity index (χ1n) is 9.35. The van der Waals surface area contributed by atoms with Crippen LogP contribution in [0.15, 0.2) is 30.7 Å². The van der Waals surface area contributed by atoms with Gasteiger partial charge in [0, 0.05) is 36.1 Å². The summed E-state index contributed by atoms with van der Waals surface area (Å²) in [7, 11) is 0. The monoisotopic (exact) mass is 403 g/mol. The van der Waals surface area contributed by atoms with Crippen molar-refractivity contribution >= 4 is 17.3 Å². The fourth-order valence-electron chi connectivity index (χ4n) is 3.60. The number of fused-ring (bicyclic) bond motifs is 1. The molecule has 9 heteroatoms. The normalized spacial score (nSPS) is 15.4. The Morgan fingerprint density at radius 3 is 2.76 bits per heavy atom. The largest absolute Gasteiger partial charge is 0.389 e. The highest BCUT2D eigenvalue weighted by Crippen LogP contribution is 2.46. The highest BCUT2D eigenvalue weighted by Gasteiger charge is 2.46. The molecule has 0 aromatic carbocycles. The van der Waals surface area contributed by atoms with Crippen LogP contribution < -0.4 is 5.32 Å². The van der Waals surface area contributed by atoms with E-state index in [9.17, 15) is 18.0 Å². The topological polar surface area (TPSA) is 72.7 Å². The minimum Gasteiger partial charge on any atom is -0.348 e. The SMILES string of the molecule is Cc1cc(Cn2cc3c(C4(NC=O)CC4)nccc3n2)cnc1CCC(F)(F)F. The van der Waals surface area contributed by atoms with Crippen molar-refractivity contribution in [3.05, 3.63) is 53.2 Å². The van der Waals surface area contributed by atoms with Gasteiger partial charge in [0.15, 0.2) is 0 Å². The number of amides is 1. The lowest BCUT2D eigenvalue weighted by Crippen LogP contribution is -2.28. The average molecular weight is 403 g/mol. The fraction of sp³-hybridized carbons (Fsp3) is 0.400. The number of hydrogen-bond acceptors (Lipinski definition) is 4. The number of carbonyl (C=O) groups is 1. The lowest BCUT2D eigenvalue weighted by Gasteiger charge is -2.13. The van der Waals surface area contributed by atoms with E-state index in [-0.39, 0.29) is 6.42 Å². The van der Waals surface area contributed by atoms with Gasteiger partial charge in [-0.2, -0.15) is 18.3 Å². The van der Waals surface area contributed by atoms with Gasteiger partial charge in [0.25, 0.3) is 0 Å². The highest BCUT2D eigenvalue weighted by atomic mass is 19.4. The Hall–Kier alpha value is -2.97. The molecule has 4 rings (SSSR count). The van der Waals surface area contributed by atoms with Gasteiger partial charge in [0.05, 0.1) is 23.3 Å². The highest BCUT2D eigenvalue weighted by molar-refractivity contribution is 5.82. The minimum absolute atomic E-state index is 0.123. The maximum Gasteiger partial charge on any atom is 0.389 e. The summed E-state index contributed by atoms with van der Waals surface area (Å²) < 4.78 is 39.1. The van der Waals surface area contributed by atoms with Crippen molar-refractivity contribution in [2.24, 2.45) is 0 Å². The van der Waals surface area contributed by atoms with Gasteiger partial charge in [0.1, 0.15) is 0 Å². The number of alkyl halides is 3. The predicted molar refractivity (Wildman–Crippen MR) is 100 cm³/mol. The van der Waals surface area contributed by atoms with Gasteiger partial charge in [-0.05, 0) is 43.4 Å². The molecule has 1 aliphatic carbocycles. The molecule has 152 valence electrons. The molecule has 0 unspecified atom stereocenters. The molecule has 6 nitrogen and oxygen atoms in total. The first-order chi connectivity index (χ1) is 13.8. The van der Waals surface area contributed by atoms with E-state index >= 15 is 0 Å². The zero-order valence-electron chi connectivity index (χ0n) is 15.8. The van der Waals surface area contributed by atoms with Crippen LogP contribution in [0.2, 0.25) is 0 Å². The number of carbonyl (C=O) groups excluding carboxylic acids is 1. The van der Waals surface area contributed by atoms with E-state index in [0.29, 0.717) is 18.6 Å². The summed E-state index contributed by atoms with van der Waals surface area (Å²) in [5, 5.41) is 8.32. The summed E-state index contributed by atoms with van der Waals surface area (Å²) in [6.07, 6.45) is 2.36. The van der Waals surface area contributed by atoms with E-state index in [2.05, 4.69) is 20.4 Å². The van der Waals surface area contributed by atoms with Gasteiger partial charge in [-0.25, -0.2) is 0 Å². The predicted octanol–water partition coefficient (Wildman–Crippen LogP) is 3.41. The van der Waals surface area contributed by atoms with Crippen LogP contribution in [-0.2, 0) is 23.3 Å². The first-order valence-corrected chi connectivity index (χ1v) is 9.35. The van der Waals surface area contributed by atoms with E-state index in [1.54, 1.807) is 24.0 Å². The van der Waals surface area contributed by atoms with Gasteiger partial charge in [0.2, 0.25) is 6.41 Å². The van der Waals surface area contributed by atoms with Gasteiger partial charge in [-0.1, -0.05) is 6.07 Å². The molecule has 3 aromatic rings. The van der Waals surface area contributed by atoms with Crippen LogP contribution in [0.25, 0.3) is 10.9 Å². The number of nitrogens with zero attached hydrogens (tertiary/aromatic N) is 4. The van der Waals surface area contributed by atoms with E-state index in [4.69, 9.17) is 0 Å². The molecule has 0 spiro atoms. The lowest BCUT2D eigenvalue weighted by atomic mass is 10.1. The zero-order valence-corrected chi connectivity index (χ0v) is 15.8. The van der Waals surface area contributed by atoms with Crippen molar-refractivity contribution in [1.29, 1.82) is 0 Å². The van der Waals surface area contributed by atoms with E-state index < -0.39 is 18.1 Å². The molecular formula is C20H20F3N5O. The molecule has 3 aromatic heterocycles. The summed E-state index contributed by atoms with van der Waals surface area (Å²) in [6.45, 7) is 2.21. The first kappa shape index (κ1) is 19.4. The van der Waals surface area contributed by atoms with Crippen molar-refractivity contribution in [3.8, 4) is 0 Å². The molecule has 0 bridgehead atoms. The van der Waals surface area contributed by atoms with Crippen LogP contribution >= 0.6 is 0 Å². The van der Waals surface area contributed by atoms with Crippen LogP contribution in [0.4, 0.5) is 13.2 Å². The van der Waals surface area contributed by atoms with Gasteiger partial charge in [-0.15, -0.1) is 0 Å². The molecular weight excluding hydrogens is 383 g/mol. The van der Waals surface area contributed by atoms with Crippen LogP contribution in [0.3, 0.4) is 0 Å². The molecule has 1 aliphatic rings. The van der Waals surface area contributed by atoms with Crippen LogP contribution in [0, 0.1) is 6.92 Å². The molecule has 1 saturated carbocycles. The van der Waals surface area contributed by atoms with Crippen molar-refractivity contribution in [3.63, 3.8) is 0 Å². The van der Waals surface area contributed by atoms with Gasteiger partial charge < -0.3 is 5.32 Å². The number of aromatic nitrogens is 4. The Kier molecular flexibility index (Phi) is 4.76. The number of rotatable bonds is 7. The van der Waals surface area contributed by atoms with Gasteiger partial charge >= 0.3 is 6.18 Å². The Morgan fingerprint density at radius 2 is 2.10 bits per heavy atom. The molecule has 1 N–H and O–H groups in total. The average Bonchev–Trinajstić information content (AvgIpc) is 3.31. The number of aryl methyl sites for hydroxylation is 2. The van der Waals surface area contributed by atoms with Crippen molar-refractivity contribution < 1.29 is 18.0 Å². The molecule has 0 atom stereocenters. The molecule has 1 fully saturated rings. The number of halogens is 3. The Balaban J connectivity index is 1.56. The second-order valence-electron chi connectivity index (χ2n) is 7.49. The molecule has 1 amide bonds. The molecule has 29 heavy (non-hydrogen) atoms. The summed E-state index contributed by atoms with van der Waals surface area (Å²) in [6, 6.07) is 3.66. The van der Waals surface area contributed by atoms with Crippen molar-refractivity contribution in [2.45, 2.75) is 50.9 Å². The summed E-state index contributed by atoms with van der Waals surface area (Å²) in [4.78, 5) is 19.6. The smallest absolute Gasteiger partial charge is 0.348 e. The molecule has 3 heterocycles. The number of hydrogen-bond donors (Lipinski definition) is 1. The second-order valence-corrected chi connectivity index (χ2v) is 7.49. The molecule has 0 saturated heterocycles. The Labute approximate surface area is 165 Å². The Morgan fingerprint density at radius 1 is 1.31 bits per heavy atom. The van der Waals surface area contributed by atoms with Crippen LogP contribution in [0.1, 0.15) is 41.8 Å². The molecule has 0 aliphatic heterocycles. The molecule has 0 radical (unpaired) electrons. The van der Waals surface area contributed by atoms with E-state index in [1.807, 2.05) is 18.3 Å². The number of nitrogens with one attached hydrogen (secondary N) is 1. The minimum atomic E-state index is -4.19. The lowest BCUT2D eigenvalue weighted by molar-refractivity contribution is -0.134. The third-order valence-electron chi connectivity index (χ3n) is 5.25. The maximum atomic E-state index is 12.4. The van der Waals surface area contributed by atoms with E-state index in [1.165, 1.54) is 0 Å². The quantitative estimate of drug-likeness (QED) is 0.614. The van der Waals surface area contributed by atoms with Crippen molar-refractivity contribution in [1.82, 2.24) is 25.1 Å². The zero-order chi connectivity index (χ0) is 20.6. The van der Waals surface area contributed by atoms with Crippen LogP contribution in [0.5, 0.6) is 0 Å². The maximum absolute atomic E-state index is 12.4. The number of pyridine rings is 2. The summed E-state index contributed by atoms with van der Waals surface area (Å²) in [5.41, 5.74) is 3.22. The summed E-state index contributed by atoms with van der Waals surface area (Å²) in [5.74, 6) is 0. The standard InChI is InChI=1S/C20H20F3N5O/c1-13-8-14(9-25-16(13)2-4-20(21,22)23)10-28-11-15-17(27-28)3-7-24-18(15)19(5-6-19)26-12-29/h3,7-9,11-12H,2,4-6,10H2,1H3,(H,26,29). The van der Waals surface area contributed by atoms with Gasteiger partial charge in [-0.3, -0.25) is 19.4 Å². The Bertz CT molecular complexity index is 1060. The third-order valence-corrected chi connectivity index (χ3v) is 5.25. The van der Waals surface area contributed by atoms with Crippen LogP contribution in [-0.4, -0.2) is 32.3 Å². The second kappa shape index (κ2) is 7.13.